The van der Waals surface area contributed by atoms with Crippen LogP contribution in [0.5, 0.6) is 0 Å². The number of anilines is 1. The molecule has 2 aliphatic rings. The van der Waals surface area contributed by atoms with Crippen LogP contribution in [0.1, 0.15) is 62.1 Å². The quantitative estimate of drug-likeness (QED) is 0.497. The second-order valence-electron chi connectivity index (χ2n) is 9.87. The van der Waals surface area contributed by atoms with E-state index in [1.54, 1.807) is 31.3 Å². The van der Waals surface area contributed by atoms with Gasteiger partial charge < -0.3 is 15.3 Å². The predicted molar refractivity (Wildman–Crippen MR) is 135 cm³/mol. The number of hydrogen-bond acceptors (Lipinski definition) is 4. The van der Waals surface area contributed by atoms with Crippen molar-refractivity contribution in [3.8, 4) is 0 Å². The zero-order valence-corrected chi connectivity index (χ0v) is 21.0. The van der Waals surface area contributed by atoms with Gasteiger partial charge in [-0.15, -0.1) is 0 Å². The lowest BCUT2D eigenvalue weighted by atomic mass is 9.91. The highest BCUT2D eigenvalue weighted by atomic mass is 19.4. The van der Waals surface area contributed by atoms with Gasteiger partial charge in [-0.1, -0.05) is 62.9 Å². The molecule has 37 heavy (non-hydrogen) atoms. The molecule has 0 bridgehead atoms. The second kappa shape index (κ2) is 11.0. The molecule has 1 saturated carbocycles. The van der Waals surface area contributed by atoms with Gasteiger partial charge in [0.1, 0.15) is 0 Å². The Morgan fingerprint density at radius 3 is 2.46 bits per heavy atom. The number of amides is 2. The van der Waals surface area contributed by atoms with Gasteiger partial charge in [0.15, 0.2) is 0 Å². The molecule has 0 unspecified atom stereocenters. The van der Waals surface area contributed by atoms with Gasteiger partial charge in [0, 0.05) is 18.2 Å². The third-order valence-electron chi connectivity index (χ3n) is 7.05. The molecule has 0 aromatic heterocycles. The van der Waals surface area contributed by atoms with Crippen LogP contribution in [0.3, 0.4) is 0 Å². The van der Waals surface area contributed by atoms with Crippen molar-refractivity contribution in [1.82, 2.24) is 5.32 Å². The van der Waals surface area contributed by atoms with Gasteiger partial charge in [-0.25, -0.2) is 4.99 Å². The molecule has 1 aliphatic heterocycles. The zero-order chi connectivity index (χ0) is 26.7. The maximum absolute atomic E-state index is 13.4. The number of para-hydroxylation sites is 1. The van der Waals surface area contributed by atoms with Crippen LogP contribution in [-0.2, 0) is 15.8 Å². The smallest absolute Gasteiger partial charge is 0.392 e. The van der Waals surface area contributed by atoms with Gasteiger partial charge in [-0.05, 0) is 37.0 Å². The summed E-state index contributed by atoms with van der Waals surface area (Å²) in [6.07, 6.45) is -1.86. The Balaban J connectivity index is 1.68. The number of nitrogens with one attached hydrogen (secondary N) is 1. The number of carbonyl (C=O) groups excluding carboxylic acids is 2. The van der Waals surface area contributed by atoms with E-state index in [1.807, 2.05) is 6.92 Å². The van der Waals surface area contributed by atoms with Crippen LogP contribution >= 0.6 is 0 Å². The Morgan fingerprint density at radius 2 is 1.84 bits per heavy atom. The molecular weight excluding hydrogens is 483 g/mol. The lowest BCUT2D eigenvalue weighted by molar-refractivity contribution is -0.137. The van der Waals surface area contributed by atoms with Gasteiger partial charge in [-0.2, -0.15) is 13.2 Å². The summed E-state index contributed by atoms with van der Waals surface area (Å²) in [5.74, 6) is -1.19. The number of likely N-dealkylation sites (N-methyl/N-ethyl adjacent to an activating group) is 1. The highest BCUT2D eigenvalue weighted by molar-refractivity contribution is 6.20. The fourth-order valence-corrected chi connectivity index (χ4v) is 4.67. The summed E-state index contributed by atoms with van der Waals surface area (Å²) in [6.45, 7) is 2.01. The van der Waals surface area contributed by atoms with Crippen LogP contribution < -0.4 is 10.2 Å². The number of aliphatic hydroxyl groups is 1. The number of aliphatic hydroxyl groups excluding tert-OH is 1. The molecule has 4 rings (SSSR count). The minimum Gasteiger partial charge on any atom is -0.392 e. The molecule has 9 heteroatoms. The summed E-state index contributed by atoms with van der Waals surface area (Å²) < 4.78 is 39.4. The first-order valence-corrected chi connectivity index (χ1v) is 12.7. The third-order valence-corrected chi connectivity index (χ3v) is 7.05. The van der Waals surface area contributed by atoms with E-state index in [0.717, 1.165) is 37.8 Å². The molecule has 2 amide bonds. The molecular formula is C28H32F3N3O3. The van der Waals surface area contributed by atoms with Gasteiger partial charge in [0.05, 0.1) is 29.0 Å². The van der Waals surface area contributed by atoms with E-state index in [4.69, 9.17) is 0 Å². The van der Waals surface area contributed by atoms with E-state index in [1.165, 1.54) is 17.0 Å². The Morgan fingerprint density at radius 1 is 1.16 bits per heavy atom. The molecule has 6 nitrogen and oxygen atoms in total. The van der Waals surface area contributed by atoms with Crippen molar-refractivity contribution < 1.29 is 27.9 Å². The van der Waals surface area contributed by atoms with Crippen molar-refractivity contribution in [1.29, 1.82) is 0 Å². The summed E-state index contributed by atoms with van der Waals surface area (Å²) >= 11 is 0. The van der Waals surface area contributed by atoms with Gasteiger partial charge in [0.25, 0.3) is 5.91 Å². The van der Waals surface area contributed by atoms with Crippen LogP contribution in [0.15, 0.2) is 53.5 Å². The highest BCUT2D eigenvalue weighted by Crippen LogP contribution is 2.37. The number of alkyl halides is 3. The summed E-state index contributed by atoms with van der Waals surface area (Å²) in [4.78, 5) is 32.7. The standard InChI is InChI=1S/C28H32F3N3O3/c1-3-4-9-23(35)21(16-17-10-11-17)26(36)33-25-27(37)34(2)22-8-6-5-7-20(22)24(32-25)18-12-14-19(15-13-18)28(29,30)31/h5-8,12-15,17,21,23,25,35H,3-4,9-11,16H2,1-2H3,(H,33,36)/t21-,23-,25-/m1/s1. The van der Waals surface area contributed by atoms with E-state index in [9.17, 15) is 27.9 Å². The summed E-state index contributed by atoms with van der Waals surface area (Å²) in [5, 5.41) is 13.5. The summed E-state index contributed by atoms with van der Waals surface area (Å²) in [6, 6.07) is 11.5. The van der Waals surface area contributed by atoms with E-state index in [2.05, 4.69) is 10.3 Å². The first kappa shape index (κ1) is 26.9. The lowest BCUT2D eigenvalue weighted by Crippen LogP contribution is -2.49. The number of rotatable bonds is 9. The Labute approximate surface area is 214 Å². The molecule has 1 heterocycles. The second-order valence-corrected chi connectivity index (χ2v) is 9.87. The molecule has 0 radical (unpaired) electrons. The largest absolute Gasteiger partial charge is 0.416 e. The molecule has 3 atom stereocenters. The highest BCUT2D eigenvalue weighted by Gasteiger charge is 2.37. The van der Waals surface area contributed by atoms with E-state index in [0.29, 0.717) is 41.3 Å². The number of benzodiazepines with no additional fused rings is 1. The Hall–Kier alpha value is -3.20. The van der Waals surface area contributed by atoms with Crippen molar-refractivity contribution in [3.63, 3.8) is 0 Å². The monoisotopic (exact) mass is 515 g/mol. The first-order valence-electron chi connectivity index (χ1n) is 12.7. The average Bonchev–Trinajstić information content (AvgIpc) is 3.71. The number of benzene rings is 2. The molecule has 1 aliphatic carbocycles. The fraction of sp³-hybridized carbons (Fsp3) is 0.464. The van der Waals surface area contributed by atoms with Crippen molar-refractivity contribution in [2.45, 2.75) is 63.9 Å². The predicted octanol–water partition coefficient (Wildman–Crippen LogP) is 4.93. The van der Waals surface area contributed by atoms with Crippen molar-refractivity contribution in [2.24, 2.45) is 16.8 Å². The van der Waals surface area contributed by atoms with E-state index in [-0.39, 0.29) is 0 Å². The lowest BCUT2D eigenvalue weighted by Gasteiger charge is -2.25. The molecule has 2 aromatic rings. The fourth-order valence-electron chi connectivity index (χ4n) is 4.67. The van der Waals surface area contributed by atoms with Crippen molar-refractivity contribution in [2.75, 3.05) is 11.9 Å². The maximum atomic E-state index is 13.4. The van der Waals surface area contributed by atoms with Crippen LogP contribution in [-0.4, -0.2) is 41.9 Å². The number of carbonyl (C=O) groups is 2. The number of halogens is 3. The SMILES string of the molecule is CCCC[C@@H](O)[C@@H](CC1CC1)C(=O)N[C@H]1N=C(c2ccc(C(F)(F)F)cc2)c2ccccc2N(C)C1=O. The first-order chi connectivity index (χ1) is 17.6. The van der Waals surface area contributed by atoms with Crippen LogP contribution in [0.2, 0.25) is 0 Å². The van der Waals surface area contributed by atoms with E-state index >= 15 is 0 Å². The Bertz CT molecular complexity index is 1160. The molecule has 1 fully saturated rings. The molecule has 2 N–H and O–H groups in total. The maximum Gasteiger partial charge on any atom is 0.416 e. The number of nitrogens with zero attached hydrogens (tertiary/aromatic N) is 2. The zero-order valence-electron chi connectivity index (χ0n) is 21.0. The van der Waals surface area contributed by atoms with Crippen LogP contribution in [0.25, 0.3) is 0 Å². The summed E-state index contributed by atoms with van der Waals surface area (Å²) in [7, 11) is 1.57. The minimum atomic E-state index is -4.48. The number of fused-ring (bicyclic) bond motifs is 1. The van der Waals surface area contributed by atoms with E-state index < -0.39 is 41.7 Å². The van der Waals surface area contributed by atoms with Gasteiger partial charge >= 0.3 is 6.18 Å². The van der Waals surface area contributed by atoms with Crippen LogP contribution in [0.4, 0.5) is 18.9 Å². The molecule has 0 saturated heterocycles. The number of aliphatic imine (C=N–C) groups is 1. The molecule has 2 aromatic carbocycles. The topological polar surface area (TPSA) is 82.0 Å². The van der Waals surface area contributed by atoms with Gasteiger partial charge in [0.2, 0.25) is 12.1 Å². The third kappa shape index (κ3) is 6.21. The number of unbranched alkanes of at least 4 members (excludes halogenated alkanes) is 1. The normalized spacial score (nSPS) is 19.5. The number of hydrogen-bond donors (Lipinski definition) is 2. The van der Waals surface area contributed by atoms with Crippen molar-refractivity contribution in [3.05, 3.63) is 65.2 Å². The average molecular weight is 516 g/mol. The minimum absolute atomic E-state index is 0.303. The molecule has 198 valence electrons. The van der Waals surface area contributed by atoms with Crippen LogP contribution in [0, 0.1) is 11.8 Å². The molecule has 0 spiro atoms. The van der Waals surface area contributed by atoms with Gasteiger partial charge in [-0.3, -0.25) is 9.59 Å². The summed E-state index contributed by atoms with van der Waals surface area (Å²) in [5.41, 5.74) is 0.992. The van der Waals surface area contributed by atoms with Crippen molar-refractivity contribution >= 4 is 23.2 Å². The Kier molecular flexibility index (Phi) is 8.02.